The third-order valence-corrected chi connectivity index (χ3v) is 2.17. The third kappa shape index (κ3) is 2.91. The van der Waals surface area contributed by atoms with Gasteiger partial charge >= 0.3 is 12.1 Å². The lowest BCUT2D eigenvalue weighted by Gasteiger charge is -2.09. The maximum absolute atomic E-state index is 12.7. The van der Waals surface area contributed by atoms with Gasteiger partial charge in [-0.05, 0) is 22.0 Å². The molecule has 0 radical (unpaired) electrons. The molecule has 0 saturated heterocycles. The molecule has 0 saturated carbocycles. The summed E-state index contributed by atoms with van der Waals surface area (Å²) in [5.74, 6) is -4.86. The van der Waals surface area contributed by atoms with Crippen LogP contribution in [-0.4, -0.2) is 12.1 Å². The van der Waals surface area contributed by atoms with E-state index in [0.717, 1.165) is 0 Å². The van der Waals surface area contributed by atoms with Gasteiger partial charge in [-0.2, -0.15) is 13.2 Å². The smallest absolute Gasteiger partial charge is 0.317 e. The number of carbonyl (C=O) groups is 1. The summed E-state index contributed by atoms with van der Waals surface area (Å²) < 4.78 is 60.6. The molecule has 0 aliphatic heterocycles. The van der Waals surface area contributed by atoms with Gasteiger partial charge in [-0.3, -0.25) is 4.79 Å². The highest BCUT2D eigenvalue weighted by Gasteiger charge is 2.39. The summed E-state index contributed by atoms with van der Waals surface area (Å²) in [5.41, 5.74) is -0.499. The molecule has 1 amide bonds. The van der Waals surface area contributed by atoms with Crippen molar-refractivity contribution < 1.29 is 26.7 Å². The minimum absolute atomic E-state index is 0.191. The number of benzene rings is 1. The van der Waals surface area contributed by atoms with Crippen molar-refractivity contribution in [2.24, 2.45) is 0 Å². The van der Waals surface area contributed by atoms with Gasteiger partial charge in [0, 0.05) is 10.5 Å². The molecule has 0 aliphatic rings. The van der Waals surface area contributed by atoms with Crippen LogP contribution in [0.1, 0.15) is 0 Å². The van der Waals surface area contributed by atoms with Crippen LogP contribution >= 0.6 is 15.9 Å². The van der Waals surface area contributed by atoms with Crippen LogP contribution in [0, 0.1) is 11.6 Å². The molecule has 2 nitrogen and oxygen atoms in total. The Morgan fingerprint density at radius 2 is 1.69 bits per heavy atom. The standard InChI is InChI=1S/C8H3BrF5NO/c9-3-1-4(10)5(11)2-6(3)15-7(16)8(12,13)14/h1-2H,(H,15,16). The lowest BCUT2D eigenvalue weighted by molar-refractivity contribution is -0.167. The molecule has 1 N–H and O–H groups in total. The number of nitrogens with one attached hydrogen (secondary N) is 1. The number of halogens is 6. The zero-order valence-corrected chi connectivity index (χ0v) is 8.92. The quantitative estimate of drug-likeness (QED) is 0.626. The molecule has 0 aliphatic carbocycles. The first kappa shape index (κ1) is 12.9. The summed E-state index contributed by atoms with van der Waals surface area (Å²) >= 11 is 2.69. The molecule has 0 heterocycles. The van der Waals surface area contributed by atoms with Gasteiger partial charge in [0.1, 0.15) is 0 Å². The number of hydrogen-bond acceptors (Lipinski definition) is 1. The summed E-state index contributed by atoms with van der Waals surface area (Å²) in [7, 11) is 0. The van der Waals surface area contributed by atoms with Crippen LogP contribution in [0.15, 0.2) is 16.6 Å². The number of carbonyl (C=O) groups excluding carboxylic acids is 1. The minimum atomic E-state index is -5.09. The fourth-order valence-corrected chi connectivity index (χ4v) is 1.23. The average molecular weight is 304 g/mol. The average Bonchev–Trinajstić information content (AvgIpc) is 2.12. The van der Waals surface area contributed by atoms with E-state index in [1.807, 2.05) is 0 Å². The lowest BCUT2D eigenvalue weighted by Crippen LogP contribution is -2.30. The van der Waals surface area contributed by atoms with Crippen LogP contribution in [0.4, 0.5) is 27.6 Å². The number of amides is 1. The van der Waals surface area contributed by atoms with Crippen molar-refractivity contribution in [3.05, 3.63) is 28.2 Å². The van der Waals surface area contributed by atoms with E-state index in [2.05, 4.69) is 15.9 Å². The van der Waals surface area contributed by atoms with Gasteiger partial charge in [-0.1, -0.05) is 0 Å². The van der Waals surface area contributed by atoms with Crippen molar-refractivity contribution in [3.63, 3.8) is 0 Å². The second-order valence-electron chi connectivity index (χ2n) is 2.70. The molecule has 0 unspecified atom stereocenters. The topological polar surface area (TPSA) is 29.1 Å². The molecule has 0 aromatic heterocycles. The van der Waals surface area contributed by atoms with Gasteiger partial charge in [-0.25, -0.2) is 8.78 Å². The Labute approximate surface area is 94.6 Å². The molecular formula is C8H3BrF5NO. The molecule has 1 aromatic carbocycles. The number of rotatable bonds is 1. The molecule has 0 fully saturated rings. The maximum atomic E-state index is 12.7. The Bertz CT molecular complexity index is 431. The molecule has 88 valence electrons. The van der Waals surface area contributed by atoms with Gasteiger partial charge in [0.05, 0.1) is 5.69 Å². The van der Waals surface area contributed by atoms with Crippen LogP contribution in [-0.2, 0) is 4.79 Å². The molecule has 8 heteroatoms. The van der Waals surface area contributed by atoms with E-state index in [-0.39, 0.29) is 4.47 Å². The second kappa shape index (κ2) is 4.36. The first-order chi connectivity index (χ1) is 7.21. The fraction of sp³-hybridized carbons (Fsp3) is 0.125. The van der Waals surface area contributed by atoms with E-state index in [4.69, 9.17) is 0 Å². The summed E-state index contributed by atoms with van der Waals surface area (Å²) in [4.78, 5) is 10.5. The Kier molecular flexibility index (Phi) is 3.51. The molecule has 16 heavy (non-hydrogen) atoms. The number of alkyl halides is 3. The SMILES string of the molecule is O=C(Nc1cc(F)c(F)cc1Br)C(F)(F)F. The van der Waals surface area contributed by atoms with Gasteiger partial charge in [0.15, 0.2) is 11.6 Å². The maximum Gasteiger partial charge on any atom is 0.471 e. The molecular weight excluding hydrogens is 301 g/mol. The van der Waals surface area contributed by atoms with Crippen LogP contribution in [0.5, 0.6) is 0 Å². The minimum Gasteiger partial charge on any atom is -0.317 e. The Morgan fingerprint density at radius 3 is 2.19 bits per heavy atom. The van der Waals surface area contributed by atoms with E-state index >= 15 is 0 Å². The monoisotopic (exact) mass is 303 g/mol. The predicted octanol–water partition coefficient (Wildman–Crippen LogP) is 3.23. The molecule has 0 atom stereocenters. The van der Waals surface area contributed by atoms with Crippen molar-refractivity contribution >= 4 is 27.5 Å². The third-order valence-electron chi connectivity index (χ3n) is 1.52. The van der Waals surface area contributed by atoms with Crippen molar-refractivity contribution in [2.75, 3.05) is 5.32 Å². The first-order valence-electron chi connectivity index (χ1n) is 3.74. The van der Waals surface area contributed by atoms with Crippen LogP contribution in [0.3, 0.4) is 0 Å². The fourth-order valence-electron chi connectivity index (χ4n) is 0.812. The highest BCUT2D eigenvalue weighted by Crippen LogP contribution is 2.27. The van der Waals surface area contributed by atoms with Crippen molar-refractivity contribution in [2.45, 2.75) is 6.18 Å². The number of hydrogen-bond donors (Lipinski definition) is 1. The van der Waals surface area contributed by atoms with Crippen LogP contribution in [0.25, 0.3) is 0 Å². The largest absolute Gasteiger partial charge is 0.471 e. The van der Waals surface area contributed by atoms with E-state index in [0.29, 0.717) is 12.1 Å². The highest BCUT2D eigenvalue weighted by atomic mass is 79.9. The Hall–Kier alpha value is -1.18. The molecule has 1 aromatic rings. The summed E-state index contributed by atoms with van der Waals surface area (Å²) in [6.07, 6.45) is -5.09. The van der Waals surface area contributed by atoms with Gasteiger partial charge in [-0.15, -0.1) is 0 Å². The Morgan fingerprint density at radius 1 is 1.19 bits per heavy atom. The molecule has 0 bridgehead atoms. The van der Waals surface area contributed by atoms with Crippen LogP contribution in [0.2, 0.25) is 0 Å². The summed E-state index contributed by atoms with van der Waals surface area (Å²) in [6.45, 7) is 0. The van der Waals surface area contributed by atoms with E-state index in [1.54, 1.807) is 0 Å². The molecule has 0 spiro atoms. The zero-order chi connectivity index (χ0) is 12.5. The number of anilines is 1. The van der Waals surface area contributed by atoms with Crippen molar-refractivity contribution in [3.8, 4) is 0 Å². The Balaban J connectivity index is 2.99. The first-order valence-corrected chi connectivity index (χ1v) is 4.54. The van der Waals surface area contributed by atoms with Gasteiger partial charge in [0.25, 0.3) is 0 Å². The highest BCUT2D eigenvalue weighted by molar-refractivity contribution is 9.10. The zero-order valence-electron chi connectivity index (χ0n) is 7.33. The predicted molar refractivity (Wildman–Crippen MR) is 48.7 cm³/mol. The van der Waals surface area contributed by atoms with Crippen molar-refractivity contribution in [1.29, 1.82) is 0 Å². The molecule has 1 rings (SSSR count). The summed E-state index contributed by atoms with van der Waals surface area (Å²) in [5, 5.41) is 1.40. The van der Waals surface area contributed by atoms with E-state index < -0.39 is 29.4 Å². The summed E-state index contributed by atoms with van der Waals surface area (Å²) in [6, 6.07) is 1.06. The second-order valence-corrected chi connectivity index (χ2v) is 3.55. The van der Waals surface area contributed by atoms with Gasteiger partial charge in [0.2, 0.25) is 0 Å². The van der Waals surface area contributed by atoms with Crippen LogP contribution < -0.4 is 5.32 Å². The van der Waals surface area contributed by atoms with E-state index in [9.17, 15) is 26.7 Å². The van der Waals surface area contributed by atoms with E-state index in [1.165, 1.54) is 5.32 Å². The normalized spacial score (nSPS) is 11.4. The lowest BCUT2D eigenvalue weighted by atomic mass is 10.3. The van der Waals surface area contributed by atoms with Gasteiger partial charge < -0.3 is 5.32 Å². The van der Waals surface area contributed by atoms with Crippen molar-refractivity contribution in [1.82, 2.24) is 0 Å².